The van der Waals surface area contributed by atoms with Crippen LogP contribution in [0.15, 0.2) is 71.6 Å². The van der Waals surface area contributed by atoms with E-state index in [4.69, 9.17) is 9.47 Å². The number of anilines is 1. The number of halogens is 1. The first-order valence-corrected chi connectivity index (χ1v) is 14.6. The summed E-state index contributed by atoms with van der Waals surface area (Å²) in [6, 6.07) is 15.4. The second-order valence-electron chi connectivity index (χ2n) is 9.42. The number of nitrogens with zero attached hydrogens (tertiary/aromatic N) is 2. The number of hydrogen-bond acceptors (Lipinski definition) is 6. The van der Waals surface area contributed by atoms with Gasteiger partial charge in [0.2, 0.25) is 11.8 Å². The highest BCUT2D eigenvalue weighted by Crippen LogP contribution is 2.32. The molecule has 220 valence electrons. The molecule has 41 heavy (non-hydrogen) atoms. The lowest BCUT2D eigenvalue weighted by molar-refractivity contribution is -0.139. The fraction of sp³-hybridized carbons (Fsp3) is 0.333. The first kappa shape index (κ1) is 31.4. The molecule has 0 aliphatic rings. The SMILES string of the molecule is CCCNC(=O)C(C)N(Cc1ccccc1C)C(=O)CN(c1ccc(F)cc1)S(=O)(=O)c1ccc(OC)c(OC)c1. The molecule has 0 aromatic heterocycles. The van der Waals surface area contributed by atoms with Crippen molar-refractivity contribution >= 4 is 27.5 Å². The lowest BCUT2D eigenvalue weighted by Gasteiger charge is -2.32. The molecule has 1 atom stereocenters. The van der Waals surface area contributed by atoms with Crippen LogP contribution in [-0.2, 0) is 26.2 Å². The Morgan fingerprint density at radius 2 is 1.63 bits per heavy atom. The number of carbonyl (C=O) groups is 2. The topological polar surface area (TPSA) is 105 Å². The summed E-state index contributed by atoms with van der Waals surface area (Å²) in [5.74, 6) is -1.02. The van der Waals surface area contributed by atoms with Crippen LogP contribution in [0.1, 0.15) is 31.4 Å². The minimum atomic E-state index is -4.37. The monoisotopic (exact) mass is 585 g/mol. The molecule has 0 saturated carbocycles. The molecule has 1 N–H and O–H groups in total. The van der Waals surface area contributed by atoms with Crippen LogP contribution in [0.2, 0.25) is 0 Å². The molecular formula is C30H36FN3O6S. The molecule has 1 unspecified atom stereocenters. The summed E-state index contributed by atoms with van der Waals surface area (Å²) in [7, 11) is -1.56. The Balaban J connectivity index is 2.07. The molecule has 0 heterocycles. The van der Waals surface area contributed by atoms with Crippen molar-refractivity contribution in [1.29, 1.82) is 0 Å². The second-order valence-corrected chi connectivity index (χ2v) is 11.3. The summed E-state index contributed by atoms with van der Waals surface area (Å²) in [5, 5.41) is 2.81. The first-order valence-electron chi connectivity index (χ1n) is 13.2. The summed E-state index contributed by atoms with van der Waals surface area (Å²) in [6.45, 7) is 5.30. The van der Waals surface area contributed by atoms with Gasteiger partial charge in [-0.1, -0.05) is 31.2 Å². The largest absolute Gasteiger partial charge is 0.493 e. The van der Waals surface area contributed by atoms with Crippen molar-refractivity contribution in [3.63, 3.8) is 0 Å². The van der Waals surface area contributed by atoms with Gasteiger partial charge < -0.3 is 19.7 Å². The molecule has 0 saturated heterocycles. The van der Waals surface area contributed by atoms with Crippen LogP contribution in [0.4, 0.5) is 10.1 Å². The molecule has 0 aliphatic heterocycles. The Morgan fingerprint density at radius 1 is 0.976 bits per heavy atom. The van der Waals surface area contributed by atoms with Crippen molar-refractivity contribution in [3.8, 4) is 11.5 Å². The van der Waals surface area contributed by atoms with Gasteiger partial charge in [0.1, 0.15) is 18.4 Å². The van der Waals surface area contributed by atoms with Gasteiger partial charge in [-0.25, -0.2) is 12.8 Å². The van der Waals surface area contributed by atoms with Crippen LogP contribution < -0.4 is 19.1 Å². The van der Waals surface area contributed by atoms with Crippen LogP contribution in [0.25, 0.3) is 0 Å². The van der Waals surface area contributed by atoms with Crippen LogP contribution >= 0.6 is 0 Å². The Labute approximate surface area is 240 Å². The molecule has 0 spiro atoms. The van der Waals surface area contributed by atoms with Crippen LogP contribution in [0, 0.1) is 12.7 Å². The highest BCUT2D eigenvalue weighted by Gasteiger charge is 2.33. The van der Waals surface area contributed by atoms with Crippen molar-refractivity contribution in [3.05, 3.63) is 83.7 Å². The Morgan fingerprint density at radius 3 is 2.24 bits per heavy atom. The van der Waals surface area contributed by atoms with Crippen LogP contribution in [-0.4, -0.2) is 58.5 Å². The standard InChI is InChI=1S/C30H36FN3O6S/c1-6-17-32-30(36)22(3)33(19-23-10-8-7-9-21(23)2)29(35)20-34(25-13-11-24(31)12-14-25)41(37,38)26-15-16-27(39-4)28(18-26)40-5/h7-16,18,22H,6,17,19-20H2,1-5H3,(H,32,36). The Kier molecular flexibility index (Phi) is 10.7. The normalized spacial score (nSPS) is 11.9. The highest BCUT2D eigenvalue weighted by atomic mass is 32.2. The quantitative estimate of drug-likeness (QED) is 0.321. The van der Waals surface area contributed by atoms with Gasteiger partial charge in [0.15, 0.2) is 11.5 Å². The maximum Gasteiger partial charge on any atom is 0.264 e. The zero-order chi connectivity index (χ0) is 30.2. The van der Waals surface area contributed by atoms with Gasteiger partial charge >= 0.3 is 0 Å². The molecule has 0 fully saturated rings. The summed E-state index contributed by atoms with van der Waals surface area (Å²) in [6.07, 6.45) is 0.714. The van der Waals surface area contributed by atoms with E-state index in [9.17, 15) is 22.4 Å². The predicted octanol–water partition coefficient (Wildman–Crippen LogP) is 4.29. The lowest BCUT2D eigenvalue weighted by atomic mass is 10.1. The fourth-order valence-electron chi connectivity index (χ4n) is 4.19. The Bertz CT molecular complexity index is 1460. The number of sulfonamides is 1. The molecule has 3 aromatic rings. The fourth-order valence-corrected chi connectivity index (χ4v) is 5.62. The van der Waals surface area contributed by atoms with Crippen molar-refractivity contribution in [2.24, 2.45) is 0 Å². The average Bonchev–Trinajstić information content (AvgIpc) is 2.97. The Hall–Kier alpha value is -4.12. The third-order valence-corrected chi connectivity index (χ3v) is 8.42. The summed E-state index contributed by atoms with van der Waals surface area (Å²) >= 11 is 0. The molecule has 2 amide bonds. The zero-order valence-electron chi connectivity index (χ0n) is 23.9. The van der Waals surface area contributed by atoms with E-state index in [1.165, 1.54) is 49.5 Å². The van der Waals surface area contributed by atoms with E-state index in [1.807, 2.05) is 38.1 Å². The number of rotatable bonds is 13. The van der Waals surface area contributed by atoms with E-state index in [1.54, 1.807) is 6.92 Å². The minimum Gasteiger partial charge on any atom is -0.493 e. The maximum atomic E-state index is 14.0. The number of benzene rings is 3. The van der Waals surface area contributed by atoms with Gasteiger partial charge in [-0.15, -0.1) is 0 Å². The zero-order valence-corrected chi connectivity index (χ0v) is 24.7. The van der Waals surface area contributed by atoms with E-state index in [0.29, 0.717) is 18.7 Å². The molecule has 3 aromatic carbocycles. The van der Waals surface area contributed by atoms with Gasteiger partial charge in [-0.2, -0.15) is 0 Å². The van der Waals surface area contributed by atoms with E-state index in [2.05, 4.69) is 5.32 Å². The van der Waals surface area contributed by atoms with Crippen LogP contribution in [0.5, 0.6) is 11.5 Å². The third kappa shape index (κ3) is 7.55. The lowest BCUT2D eigenvalue weighted by Crippen LogP contribution is -2.51. The molecule has 0 aliphatic carbocycles. The van der Waals surface area contributed by atoms with E-state index < -0.39 is 34.3 Å². The summed E-state index contributed by atoms with van der Waals surface area (Å²) in [4.78, 5) is 28.1. The predicted molar refractivity (Wildman–Crippen MR) is 155 cm³/mol. The van der Waals surface area contributed by atoms with Gasteiger partial charge in [0, 0.05) is 19.2 Å². The number of methoxy groups -OCH3 is 2. The van der Waals surface area contributed by atoms with E-state index in [0.717, 1.165) is 27.6 Å². The number of ether oxygens (including phenoxy) is 2. The number of hydrogen-bond donors (Lipinski definition) is 1. The van der Waals surface area contributed by atoms with E-state index >= 15 is 0 Å². The summed E-state index contributed by atoms with van der Waals surface area (Å²) < 4.78 is 53.2. The van der Waals surface area contributed by atoms with Crippen LogP contribution in [0.3, 0.4) is 0 Å². The first-order chi connectivity index (χ1) is 19.5. The molecular weight excluding hydrogens is 549 g/mol. The molecule has 0 bridgehead atoms. The highest BCUT2D eigenvalue weighted by molar-refractivity contribution is 7.92. The minimum absolute atomic E-state index is 0.0773. The number of aryl methyl sites for hydroxylation is 1. The van der Waals surface area contributed by atoms with Gasteiger partial charge in [0.25, 0.3) is 10.0 Å². The average molecular weight is 586 g/mol. The van der Waals surface area contributed by atoms with Gasteiger partial charge in [-0.3, -0.25) is 13.9 Å². The number of nitrogens with one attached hydrogen (secondary N) is 1. The van der Waals surface area contributed by atoms with Gasteiger partial charge in [-0.05, 0) is 67.8 Å². The van der Waals surface area contributed by atoms with Crippen molar-refractivity contribution in [1.82, 2.24) is 10.2 Å². The molecule has 0 radical (unpaired) electrons. The van der Waals surface area contributed by atoms with Crippen molar-refractivity contribution in [2.75, 3.05) is 31.6 Å². The maximum absolute atomic E-state index is 14.0. The van der Waals surface area contributed by atoms with Gasteiger partial charge in [0.05, 0.1) is 24.8 Å². The van der Waals surface area contributed by atoms with Crippen molar-refractivity contribution in [2.45, 2.75) is 44.7 Å². The number of carbonyl (C=O) groups excluding carboxylic acids is 2. The third-order valence-electron chi connectivity index (χ3n) is 6.65. The second kappa shape index (κ2) is 14.0. The smallest absolute Gasteiger partial charge is 0.264 e. The molecule has 3 rings (SSSR count). The molecule has 11 heteroatoms. The summed E-state index contributed by atoms with van der Waals surface area (Å²) in [5.41, 5.74) is 1.81. The van der Waals surface area contributed by atoms with E-state index in [-0.39, 0.29) is 28.8 Å². The molecule has 9 nitrogen and oxygen atoms in total. The van der Waals surface area contributed by atoms with Crippen molar-refractivity contribution < 1.29 is 31.9 Å². The number of amides is 2.